The molecule has 29 heavy (non-hydrogen) atoms. The minimum Gasteiger partial charge on any atom is -0.480 e. The number of methoxy groups -OCH3 is 1. The van der Waals surface area contributed by atoms with Gasteiger partial charge in [0.05, 0.1) is 12.2 Å². The summed E-state index contributed by atoms with van der Waals surface area (Å²) in [5, 5.41) is 31.7. The van der Waals surface area contributed by atoms with Crippen molar-refractivity contribution in [3.05, 3.63) is 35.9 Å². The average Bonchev–Trinajstić information content (AvgIpc) is 2.72. The van der Waals surface area contributed by atoms with Crippen molar-refractivity contribution in [2.24, 2.45) is 5.92 Å². The van der Waals surface area contributed by atoms with Gasteiger partial charge in [-0.2, -0.15) is 11.8 Å². The highest BCUT2D eigenvalue weighted by Gasteiger charge is 2.42. The van der Waals surface area contributed by atoms with E-state index in [1.807, 2.05) is 18.2 Å². The molecule has 1 aromatic rings. The molecule has 0 aliphatic carbocycles. The maximum atomic E-state index is 11.9. The Labute approximate surface area is 173 Å². The van der Waals surface area contributed by atoms with Crippen LogP contribution in [0.15, 0.2) is 30.3 Å². The zero-order chi connectivity index (χ0) is 21.4. The van der Waals surface area contributed by atoms with Gasteiger partial charge in [0.25, 0.3) is 0 Å². The number of hydrogen-bond donors (Lipinski definition) is 4. The molecule has 9 nitrogen and oxygen atoms in total. The molecule has 1 aromatic carbocycles. The predicted octanol–water partition coefficient (Wildman–Crippen LogP) is 0.828. The van der Waals surface area contributed by atoms with Crippen LogP contribution in [0.1, 0.15) is 12.5 Å². The summed E-state index contributed by atoms with van der Waals surface area (Å²) in [5.41, 5.74) is 0.792. The monoisotopic (exact) mass is 429 g/mol. The van der Waals surface area contributed by atoms with E-state index in [2.05, 4.69) is 5.32 Å². The molecule has 1 aliphatic rings. The molecule has 6 atom stereocenters. The number of carbonyl (C=O) groups excluding carboxylic acids is 1. The lowest BCUT2D eigenvalue weighted by Crippen LogP contribution is -2.54. The van der Waals surface area contributed by atoms with Crippen LogP contribution < -0.4 is 5.32 Å². The number of alkyl carbamates (subject to hydrolysis) is 1. The number of amides is 1. The van der Waals surface area contributed by atoms with E-state index in [4.69, 9.17) is 14.2 Å². The number of thioether (sulfide) groups is 1. The summed E-state index contributed by atoms with van der Waals surface area (Å²) in [4.78, 5) is 23.3. The molecule has 0 radical (unpaired) electrons. The average molecular weight is 429 g/mol. The minimum atomic E-state index is -1.18. The van der Waals surface area contributed by atoms with E-state index >= 15 is 0 Å². The van der Waals surface area contributed by atoms with E-state index in [1.54, 1.807) is 19.1 Å². The summed E-state index contributed by atoms with van der Waals surface area (Å²) in [6, 6.07) is 7.91. The predicted molar refractivity (Wildman–Crippen MR) is 105 cm³/mol. The number of carbonyl (C=O) groups is 2. The molecule has 2 rings (SSSR count). The molecular formula is C19H27NO8S. The van der Waals surface area contributed by atoms with E-state index in [0.717, 1.165) is 5.56 Å². The fraction of sp³-hybridized carbons (Fsp3) is 0.579. The smallest absolute Gasteiger partial charge is 0.408 e. The first-order valence-electron chi connectivity index (χ1n) is 9.15. The third kappa shape index (κ3) is 6.86. The van der Waals surface area contributed by atoms with E-state index in [0.29, 0.717) is 5.75 Å². The van der Waals surface area contributed by atoms with Crippen LogP contribution in [0.5, 0.6) is 0 Å². The van der Waals surface area contributed by atoms with Crippen molar-refractivity contribution in [2.45, 2.75) is 44.2 Å². The highest BCUT2D eigenvalue weighted by atomic mass is 32.2. The third-order valence-corrected chi connectivity index (χ3v) is 5.80. The van der Waals surface area contributed by atoms with Crippen LogP contribution in [0, 0.1) is 5.92 Å². The normalized spacial score (nSPS) is 27.8. The van der Waals surface area contributed by atoms with Gasteiger partial charge in [-0.1, -0.05) is 37.3 Å². The van der Waals surface area contributed by atoms with Crippen molar-refractivity contribution >= 4 is 23.8 Å². The lowest BCUT2D eigenvalue weighted by Gasteiger charge is -2.40. The summed E-state index contributed by atoms with van der Waals surface area (Å²) in [6.45, 7) is 1.77. The molecule has 6 unspecified atom stereocenters. The van der Waals surface area contributed by atoms with Crippen LogP contribution in [0.3, 0.4) is 0 Å². The molecule has 4 N–H and O–H groups in total. The molecule has 0 spiro atoms. The molecule has 0 bridgehead atoms. The van der Waals surface area contributed by atoms with Gasteiger partial charge in [-0.3, -0.25) is 0 Å². The number of rotatable bonds is 9. The Bertz CT molecular complexity index is 659. The number of ether oxygens (including phenoxy) is 3. The number of carboxylic acids is 1. The lowest BCUT2D eigenvalue weighted by molar-refractivity contribution is -0.270. The Kier molecular flexibility index (Phi) is 9.18. The SMILES string of the molecule is COC1OC(CSCC(NC(=O)OCc2ccccc2)C(=O)O)C(C)C(O)C1O. The minimum absolute atomic E-state index is 0.0399. The Hall–Kier alpha value is -1.85. The summed E-state index contributed by atoms with van der Waals surface area (Å²) < 4.78 is 15.7. The molecular weight excluding hydrogens is 402 g/mol. The maximum absolute atomic E-state index is 11.9. The maximum Gasteiger partial charge on any atom is 0.408 e. The molecule has 1 saturated heterocycles. The van der Waals surface area contributed by atoms with E-state index < -0.39 is 42.7 Å². The second kappa shape index (κ2) is 11.4. The number of aliphatic carboxylic acids is 1. The van der Waals surface area contributed by atoms with Crippen LogP contribution >= 0.6 is 11.8 Å². The first-order chi connectivity index (χ1) is 13.8. The first kappa shape index (κ1) is 23.4. The topological polar surface area (TPSA) is 135 Å². The molecule has 162 valence electrons. The fourth-order valence-corrected chi connectivity index (χ4v) is 4.05. The number of aliphatic hydroxyl groups is 2. The molecule has 1 aliphatic heterocycles. The highest BCUT2D eigenvalue weighted by Crippen LogP contribution is 2.28. The van der Waals surface area contributed by atoms with Gasteiger partial charge in [-0.25, -0.2) is 9.59 Å². The van der Waals surface area contributed by atoms with Crippen LogP contribution in [0.2, 0.25) is 0 Å². The van der Waals surface area contributed by atoms with Gasteiger partial charge in [-0.15, -0.1) is 0 Å². The molecule has 10 heteroatoms. The summed E-state index contributed by atoms with van der Waals surface area (Å²) in [7, 11) is 1.37. The number of carboxylic acid groups (broad SMARTS) is 1. The molecule has 0 aromatic heterocycles. The van der Waals surface area contributed by atoms with E-state index in [9.17, 15) is 24.9 Å². The van der Waals surface area contributed by atoms with Crippen LogP contribution in [0.4, 0.5) is 4.79 Å². The highest BCUT2D eigenvalue weighted by molar-refractivity contribution is 7.99. The molecule has 1 heterocycles. The second-order valence-electron chi connectivity index (χ2n) is 6.75. The Morgan fingerprint density at radius 3 is 2.55 bits per heavy atom. The van der Waals surface area contributed by atoms with Gasteiger partial charge < -0.3 is 34.8 Å². The Morgan fingerprint density at radius 1 is 1.24 bits per heavy atom. The van der Waals surface area contributed by atoms with Gasteiger partial charge in [0, 0.05) is 24.5 Å². The Balaban J connectivity index is 1.80. The van der Waals surface area contributed by atoms with Crippen LogP contribution in [-0.4, -0.2) is 76.6 Å². The zero-order valence-corrected chi connectivity index (χ0v) is 17.1. The van der Waals surface area contributed by atoms with E-state index in [1.165, 1.54) is 18.9 Å². The molecule has 1 amide bonds. The van der Waals surface area contributed by atoms with E-state index in [-0.39, 0.29) is 18.3 Å². The fourth-order valence-electron chi connectivity index (χ4n) is 2.84. The van der Waals surface area contributed by atoms with Crippen LogP contribution in [-0.2, 0) is 25.6 Å². The largest absolute Gasteiger partial charge is 0.480 e. The van der Waals surface area contributed by atoms with Crippen molar-refractivity contribution in [2.75, 3.05) is 18.6 Å². The van der Waals surface area contributed by atoms with Crippen molar-refractivity contribution < 1.29 is 39.1 Å². The van der Waals surface area contributed by atoms with Crippen molar-refractivity contribution in [3.8, 4) is 0 Å². The summed E-state index contributed by atoms with van der Waals surface area (Å²) in [5.74, 6) is -1.11. The number of nitrogens with one attached hydrogen (secondary N) is 1. The zero-order valence-electron chi connectivity index (χ0n) is 16.3. The van der Waals surface area contributed by atoms with Gasteiger partial charge in [0.15, 0.2) is 6.29 Å². The summed E-state index contributed by atoms with van der Waals surface area (Å²) in [6.07, 6.45) is -4.37. The number of benzene rings is 1. The van der Waals surface area contributed by atoms with Gasteiger partial charge in [0.1, 0.15) is 18.8 Å². The second-order valence-corrected chi connectivity index (χ2v) is 7.83. The van der Waals surface area contributed by atoms with Gasteiger partial charge in [-0.05, 0) is 5.56 Å². The number of hydrogen-bond acceptors (Lipinski definition) is 8. The van der Waals surface area contributed by atoms with Gasteiger partial charge >= 0.3 is 12.1 Å². The quantitative estimate of drug-likeness (QED) is 0.450. The lowest BCUT2D eigenvalue weighted by atomic mass is 9.91. The molecule has 1 fully saturated rings. The summed E-state index contributed by atoms with van der Waals surface area (Å²) >= 11 is 1.25. The first-order valence-corrected chi connectivity index (χ1v) is 10.3. The standard InChI is InChI=1S/C19H27NO8S/c1-11-14(28-18(26-2)16(22)15(11)21)10-29-9-13(17(23)24)20-19(25)27-8-12-6-4-3-5-7-12/h3-7,11,13-16,18,21-22H,8-10H2,1-2H3,(H,20,25)(H,23,24). The van der Waals surface area contributed by atoms with Gasteiger partial charge in [0.2, 0.25) is 0 Å². The number of aliphatic hydroxyl groups excluding tert-OH is 2. The van der Waals surface area contributed by atoms with Crippen molar-refractivity contribution in [1.29, 1.82) is 0 Å². The van der Waals surface area contributed by atoms with Crippen LogP contribution in [0.25, 0.3) is 0 Å². The van der Waals surface area contributed by atoms with Crippen molar-refractivity contribution in [1.82, 2.24) is 5.32 Å². The van der Waals surface area contributed by atoms with Crippen molar-refractivity contribution in [3.63, 3.8) is 0 Å². The third-order valence-electron chi connectivity index (χ3n) is 4.66. The molecule has 0 saturated carbocycles. The Morgan fingerprint density at radius 2 is 1.93 bits per heavy atom.